The van der Waals surface area contributed by atoms with Gasteiger partial charge < -0.3 is 104 Å². The smallest absolute Gasteiger partial charge is 0.333 e. The lowest BCUT2D eigenvalue weighted by atomic mass is 10.1. The first kappa shape index (κ1) is 77.1. The van der Waals surface area contributed by atoms with Gasteiger partial charge in [-0.1, -0.05) is 11.0 Å². The molecule has 22 N–H and O–H groups in total. The van der Waals surface area contributed by atoms with Crippen LogP contribution in [0.5, 0.6) is 34.5 Å². The van der Waals surface area contributed by atoms with Gasteiger partial charge in [-0.05, 0) is 139 Å². The Balaban J connectivity index is 0.000000200. The number of aliphatic hydroxyl groups excluding tert-OH is 2. The van der Waals surface area contributed by atoms with Gasteiger partial charge in [0.15, 0.2) is 85.4 Å². The maximum atomic E-state index is 14.0. The summed E-state index contributed by atoms with van der Waals surface area (Å²) >= 11 is 6.64. The van der Waals surface area contributed by atoms with Crippen molar-refractivity contribution >= 4 is 129 Å². The fraction of sp³-hybridized carbons (Fsp3) is 0.304. The number of benzene rings is 3. The van der Waals surface area contributed by atoms with Crippen LogP contribution < -0.4 is 85.2 Å². The minimum atomic E-state index is -3.97. The highest BCUT2D eigenvalue weighted by atomic mass is 127. The summed E-state index contributed by atoms with van der Waals surface area (Å²) in [5.41, 5.74) is 42.8. The second kappa shape index (κ2) is 35.5. The molecule has 528 valence electrons. The number of terminal acetylenes is 1. The van der Waals surface area contributed by atoms with Crippen LogP contribution in [0.25, 0.3) is 43.9 Å². The Morgan fingerprint density at radius 1 is 0.616 bits per heavy atom. The van der Waals surface area contributed by atoms with Crippen LogP contribution in [-0.4, -0.2) is 137 Å². The predicted molar refractivity (Wildman–Crippen MR) is 379 cm³/mol. The van der Waals surface area contributed by atoms with E-state index in [2.05, 4.69) is 143 Å². The maximum Gasteiger partial charge on any atom is 0.333 e. The molecule has 0 fully saturated rings. The molecule has 6 aromatic heterocycles. The molecular weight excluding hydrogens is 1670 g/mol. The molecule has 9 aromatic rings. The topological polar surface area (TPSA) is 569 Å². The molecule has 0 saturated heterocycles. The summed E-state index contributed by atoms with van der Waals surface area (Å²) in [5.74, 6) is 8.21. The number of aromatic nitrogens is 12. The van der Waals surface area contributed by atoms with Crippen LogP contribution in [0.1, 0.15) is 47.0 Å². The Hall–Kier alpha value is -9.25. The van der Waals surface area contributed by atoms with Gasteiger partial charge in [-0.3, -0.25) is 4.18 Å². The predicted octanol–water partition coefficient (Wildman–Crippen LogP) is 4.43. The summed E-state index contributed by atoms with van der Waals surface area (Å²) in [5, 5.41) is 30.6. The summed E-state index contributed by atoms with van der Waals surface area (Å²) < 4.78 is 108. The zero-order chi connectivity index (χ0) is 69.5. The fourth-order valence-corrected chi connectivity index (χ4v) is 11.6. The van der Waals surface area contributed by atoms with E-state index in [1.807, 2.05) is 36.4 Å². The number of allylic oxidation sites excluding steroid dienone is 2. The van der Waals surface area contributed by atoms with Crippen molar-refractivity contribution in [3.05, 3.63) is 134 Å². The van der Waals surface area contributed by atoms with E-state index in [9.17, 15) is 21.6 Å². The number of hydrogen-bond donors (Lipinski definition) is 12. The highest BCUT2D eigenvalue weighted by Gasteiger charge is 2.25. The first-order chi connectivity index (χ1) is 46.5. The second-order valence-electron chi connectivity index (χ2n) is 20.4. The molecular formula is C56H65F3I3N25O11S. The van der Waals surface area contributed by atoms with Crippen molar-refractivity contribution in [3.63, 3.8) is 0 Å². The number of nitrogens with zero attached hydrogens (tertiary/aromatic N) is 15. The summed E-state index contributed by atoms with van der Waals surface area (Å²) in [7, 11) is -3.97. The molecule has 36 nitrogen and oxygen atoms in total. The molecule has 3 aromatic carbocycles. The monoisotopic (exact) mass is 1730 g/mol. The number of nitrogens with two attached hydrogens (primary N) is 6. The molecule has 99 heavy (non-hydrogen) atoms. The lowest BCUT2D eigenvalue weighted by molar-refractivity contribution is 0.173. The summed E-state index contributed by atoms with van der Waals surface area (Å²) in [6.07, 6.45) is 8.03. The van der Waals surface area contributed by atoms with Gasteiger partial charge in [0.2, 0.25) is 20.4 Å². The van der Waals surface area contributed by atoms with Crippen molar-refractivity contribution < 1.29 is 64.4 Å². The molecule has 43 heteroatoms. The van der Waals surface area contributed by atoms with Crippen LogP contribution in [0.15, 0.2) is 65.3 Å². The van der Waals surface area contributed by atoms with E-state index in [1.54, 1.807) is 26.1 Å². The molecule has 0 bridgehead atoms. The van der Waals surface area contributed by atoms with Gasteiger partial charge >= 0.3 is 28.5 Å². The minimum Gasteiger partial charge on any atom is -0.454 e. The number of imidazole rings is 3. The number of aliphatic hydroxyl groups is 2. The Kier molecular flexibility index (Phi) is 27.6. The number of ether oxygens (including phenoxy) is 6. The van der Waals surface area contributed by atoms with E-state index in [0.29, 0.717) is 120 Å². The van der Waals surface area contributed by atoms with Crippen LogP contribution in [0, 0.1) is 41.3 Å². The van der Waals surface area contributed by atoms with E-state index in [0.717, 1.165) is 27.4 Å². The van der Waals surface area contributed by atoms with Crippen molar-refractivity contribution in [2.45, 2.75) is 51.7 Å². The van der Waals surface area contributed by atoms with Gasteiger partial charge in [-0.15, -0.1) is 6.42 Å². The Morgan fingerprint density at radius 3 is 1.30 bits per heavy atom. The van der Waals surface area contributed by atoms with Crippen molar-refractivity contribution in [1.29, 1.82) is 0 Å². The molecule has 3 aliphatic rings. The second-order valence-corrected chi connectivity index (χ2v) is 25.1. The number of fused-ring (bicyclic) bond motifs is 6. The normalized spacial score (nSPS) is 12.5. The average molecular weight is 1730 g/mol. The standard InChI is InChI=1S/C19H22FIN8O5S.C19H21FIN7O3.C16H11FIN5O2.C2H5N3O.2H3N/c20-19-27-17(23)16-18(28-19)29(8-11(22)7-25-2-1-3-34-35(24,30)31)15(26-16)5-10-4-13-14(6-12(10)21)33-9-32-13;20-19-26-17(23)16-18(27-19)28(8-11(22)7-24-2-1-3-29)15(25-16)5-10-4-13-14(6-12(10)21)31-9-30-13;1-2-3-23-12(20-13-14(19)21-16(17)22-15(13)23)5-8-4-10-11(6-9(8)18)25-7-24-10;3-5-4-1-2-6;;/h4,6-7,25H,1-3,5,8-9,22H2,(H2,23,27,28)(H2,24,30,31);4,6-7,24,29H,1-3,5,8-9,22H2,(H2,23,26,27);1,4,6H,3,5,7H2,(H2,19,21,22);6H,1-2H2;2*1H3/b2*11-7-;;;;. The van der Waals surface area contributed by atoms with Crippen LogP contribution in [0.2, 0.25) is 0 Å². The zero-order valence-corrected chi connectivity index (χ0v) is 59.3. The average Bonchev–Trinajstić information content (AvgIpc) is 1.64. The summed E-state index contributed by atoms with van der Waals surface area (Å²) in [4.78, 5) is 38.3. The number of nitrogen functional groups attached to an aromatic ring is 3. The molecule has 0 saturated carbocycles. The minimum absolute atomic E-state index is 0. The Morgan fingerprint density at radius 2 is 0.970 bits per heavy atom. The third-order valence-electron chi connectivity index (χ3n) is 13.7. The summed E-state index contributed by atoms with van der Waals surface area (Å²) in [6, 6.07) is 11.3. The van der Waals surface area contributed by atoms with Gasteiger partial charge in [0.05, 0.1) is 26.2 Å². The highest BCUT2D eigenvalue weighted by Crippen LogP contribution is 2.39. The molecule has 0 amide bonds. The molecule has 0 aliphatic carbocycles. The van der Waals surface area contributed by atoms with Gasteiger partial charge in [0, 0.05) is 91.5 Å². The quantitative estimate of drug-likeness (QED) is 0.00801. The zero-order valence-electron chi connectivity index (χ0n) is 52.0. The van der Waals surface area contributed by atoms with Crippen molar-refractivity contribution in [3.8, 4) is 46.8 Å². The van der Waals surface area contributed by atoms with Crippen molar-refractivity contribution in [2.24, 2.45) is 21.7 Å². The molecule has 0 spiro atoms. The first-order valence-electron chi connectivity index (χ1n) is 28.5. The number of nitrogens with one attached hydrogen (secondary N) is 2. The van der Waals surface area contributed by atoms with Gasteiger partial charge in [0.1, 0.15) is 17.5 Å². The van der Waals surface area contributed by atoms with E-state index in [-0.39, 0.29) is 119 Å². The molecule has 0 atom stereocenters. The number of halogens is 6. The van der Waals surface area contributed by atoms with Crippen LogP contribution >= 0.6 is 67.8 Å². The van der Waals surface area contributed by atoms with E-state index in [1.165, 1.54) is 0 Å². The maximum absolute atomic E-state index is 14.0. The van der Waals surface area contributed by atoms with Gasteiger partial charge in [-0.2, -0.15) is 51.5 Å². The number of azide groups is 1. The van der Waals surface area contributed by atoms with Crippen LogP contribution in [-0.2, 0) is 53.4 Å². The third kappa shape index (κ3) is 20.0. The lowest BCUT2D eigenvalue weighted by Gasteiger charge is -2.11. The van der Waals surface area contributed by atoms with E-state index < -0.39 is 28.5 Å². The molecule has 0 unspecified atom stereocenters. The Labute approximate surface area is 601 Å². The number of hydrogen-bond acceptors (Lipinski definition) is 30. The highest BCUT2D eigenvalue weighted by molar-refractivity contribution is 14.1. The fourth-order valence-electron chi connectivity index (χ4n) is 9.39. The van der Waals surface area contributed by atoms with Gasteiger partial charge in [0.25, 0.3) is 0 Å². The number of anilines is 3. The first-order valence-corrected chi connectivity index (χ1v) is 33.2. The van der Waals surface area contributed by atoms with Gasteiger partial charge in [-0.25, -0.2) is 20.1 Å². The van der Waals surface area contributed by atoms with E-state index in [4.69, 9.17) is 84.4 Å². The van der Waals surface area contributed by atoms with E-state index >= 15 is 0 Å². The molecule has 3 aliphatic heterocycles. The summed E-state index contributed by atoms with van der Waals surface area (Å²) in [6.45, 7) is 2.17. The number of rotatable bonds is 23. The largest absolute Gasteiger partial charge is 0.454 e. The lowest BCUT2D eigenvalue weighted by Crippen LogP contribution is -2.20. The third-order valence-corrected chi connectivity index (χ3v) is 17.2. The van der Waals surface area contributed by atoms with Crippen molar-refractivity contribution in [2.75, 3.05) is 77.0 Å². The molecule has 12 rings (SSSR count). The van der Waals surface area contributed by atoms with Crippen molar-refractivity contribution in [1.82, 2.24) is 81.5 Å². The molecule has 9 heterocycles. The Bertz CT molecular complexity index is 4670. The van der Waals surface area contributed by atoms with Crippen LogP contribution in [0.4, 0.5) is 30.6 Å². The van der Waals surface area contributed by atoms with Crippen LogP contribution in [0.3, 0.4) is 0 Å². The molecule has 0 radical (unpaired) electrons. The SMILES string of the molecule is C#CCn1c(Cc2cc3c(cc2I)OCO3)nc2c(N)nc(F)nc21.N.N.N/C(=C\NCCCO)Cn1c(Cc2cc3c(cc2I)OCO3)nc2c(N)nc(F)nc21.N/C(=C\NCCCOS(N)(=O)=O)Cn1c(Cc2cc3c(cc2I)OCO3)nc2c(N)nc(F)nc21.[N-]=[N+]=NCCO.